The number of carbonyl (C=O) groups is 1. The molecule has 9 rings (SSSR count). The van der Waals surface area contributed by atoms with Crippen molar-refractivity contribution in [2.75, 3.05) is 14.2 Å². The molecule has 0 unspecified atom stereocenters. The van der Waals surface area contributed by atoms with Crippen molar-refractivity contribution in [3.8, 4) is 50.3 Å². The second-order valence-corrected chi connectivity index (χ2v) is 13.0. The van der Waals surface area contributed by atoms with E-state index in [4.69, 9.17) is 19.4 Å². The van der Waals surface area contributed by atoms with Crippen molar-refractivity contribution >= 4 is 52.3 Å². The van der Waals surface area contributed by atoms with Crippen LogP contribution in [0.25, 0.3) is 90.9 Å². The highest BCUT2D eigenvalue weighted by molar-refractivity contribution is 6.02. The fourth-order valence-electron chi connectivity index (χ4n) is 7.44. The number of H-pyrrole nitrogens is 2. The number of benzene rings is 4. The van der Waals surface area contributed by atoms with Gasteiger partial charge in [0.15, 0.2) is 0 Å². The number of esters is 1. The summed E-state index contributed by atoms with van der Waals surface area (Å²) in [5.41, 5.74) is 14.5. The zero-order valence-electron chi connectivity index (χ0n) is 29.6. The predicted molar refractivity (Wildman–Crippen MR) is 218 cm³/mol. The average Bonchev–Trinajstić information content (AvgIpc) is 4.07. The third-order valence-electron chi connectivity index (χ3n) is 9.84. The lowest BCUT2D eigenvalue weighted by Crippen LogP contribution is -2.05. The molecule has 0 saturated carbocycles. The first-order valence-electron chi connectivity index (χ1n) is 17.7. The molecule has 4 aromatic carbocycles. The Morgan fingerprint density at radius 3 is 1.24 bits per heavy atom. The largest absolute Gasteiger partial charge is 0.495 e. The van der Waals surface area contributed by atoms with Crippen molar-refractivity contribution in [1.82, 2.24) is 19.9 Å². The highest BCUT2D eigenvalue weighted by atomic mass is 16.5. The Hall–Kier alpha value is -7.25. The number of aromatic nitrogens is 4. The summed E-state index contributed by atoms with van der Waals surface area (Å²) >= 11 is 0. The van der Waals surface area contributed by atoms with Gasteiger partial charge in [-0.25, -0.2) is 14.8 Å². The predicted octanol–water partition coefficient (Wildman–Crippen LogP) is 11.1. The minimum absolute atomic E-state index is 0.321. The lowest BCUT2D eigenvalue weighted by Gasteiger charge is -2.13. The summed E-state index contributed by atoms with van der Waals surface area (Å²) in [6, 6.07) is 44.8. The fourth-order valence-corrected chi connectivity index (χ4v) is 7.44. The molecule has 2 aliphatic heterocycles. The second-order valence-electron chi connectivity index (χ2n) is 13.0. The highest BCUT2D eigenvalue weighted by Gasteiger charge is 2.23. The molecule has 7 aromatic rings. The van der Waals surface area contributed by atoms with Crippen LogP contribution >= 0.6 is 0 Å². The summed E-state index contributed by atoms with van der Waals surface area (Å²) in [7, 11) is 2.93. The van der Waals surface area contributed by atoms with Crippen LogP contribution in [0, 0.1) is 0 Å². The number of methoxy groups -OCH3 is 2. The van der Waals surface area contributed by atoms with Gasteiger partial charge in [-0.1, -0.05) is 103 Å². The zero-order chi connectivity index (χ0) is 36.6. The van der Waals surface area contributed by atoms with Crippen LogP contribution in [0.1, 0.15) is 33.1 Å². The quantitative estimate of drug-likeness (QED) is 0.168. The monoisotopic (exact) mass is 702 g/mol. The van der Waals surface area contributed by atoms with Crippen molar-refractivity contribution in [2.24, 2.45) is 0 Å². The maximum atomic E-state index is 13.0. The van der Waals surface area contributed by atoms with Gasteiger partial charge in [-0.15, -0.1) is 0 Å². The van der Waals surface area contributed by atoms with E-state index < -0.39 is 5.97 Å². The maximum absolute atomic E-state index is 13.0. The fraction of sp³-hybridized carbons (Fsp3) is 0.0426. The summed E-state index contributed by atoms with van der Waals surface area (Å²) < 4.78 is 11.1. The van der Waals surface area contributed by atoms with Crippen molar-refractivity contribution in [1.29, 1.82) is 0 Å². The summed E-state index contributed by atoms with van der Waals surface area (Å²) in [4.78, 5) is 31.2. The molecule has 0 radical (unpaired) electrons. The number of nitrogens with one attached hydrogen (secondary N) is 2. The number of hydrogen-bond donors (Lipinski definition) is 2. The third kappa shape index (κ3) is 5.68. The van der Waals surface area contributed by atoms with Crippen LogP contribution in [-0.2, 0) is 4.74 Å². The summed E-state index contributed by atoms with van der Waals surface area (Å²) in [6.07, 6.45) is 8.25. The summed E-state index contributed by atoms with van der Waals surface area (Å²) in [5.74, 6) is -0.0909. The number of aromatic amines is 2. The Morgan fingerprint density at radius 2 is 0.852 bits per heavy atom. The molecule has 0 fully saturated rings. The van der Waals surface area contributed by atoms with Gasteiger partial charge in [0.1, 0.15) is 11.3 Å². The normalized spacial score (nSPS) is 11.8. The lowest BCUT2D eigenvalue weighted by molar-refractivity contribution is 0.0597. The van der Waals surface area contributed by atoms with E-state index in [-0.39, 0.29) is 0 Å². The molecule has 0 spiro atoms. The van der Waals surface area contributed by atoms with E-state index in [0.717, 1.165) is 78.1 Å². The third-order valence-corrected chi connectivity index (χ3v) is 9.84. The molecular formula is C47H34N4O3. The molecule has 260 valence electrons. The molecule has 0 amide bonds. The van der Waals surface area contributed by atoms with Gasteiger partial charge in [0.25, 0.3) is 0 Å². The van der Waals surface area contributed by atoms with Crippen LogP contribution < -0.4 is 4.74 Å². The Balaban J connectivity index is 1.48. The molecule has 54 heavy (non-hydrogen) atoms. The Kier molecular flexibility index (Phi) is 8.29. The van der Waals surface area contributed by atoms with E-state index in [2.05, 4.69) is 88.9 Å². The van der Waals surface area contributed by atoms with Gasteiger partial charge in [0, 0.05) is 49.9 Å². The van der Waals surface area contributed by atoms with Gasteiger partial charge in [-0.05, 0) is 71.3 Å². The van der Waals surface area contributed by atoms with Crippen LogP contribution in [0.2, 0.25) is 0 Å². The number of rotatable bonds is 6. The van der Waals surface area contributed by atoms with Crippen LogP contribution in [0.15, 0.2) is 133 Å². The van der Waals surface area contributed by atoms with E-state index in [1.54, 1.807) is 13.2 Å². The van der Waals surface area contributed by atoms with Gasteiger partial charge in [0.05, 0.1) is 37.0 Å². The molecule has 0 atom stereocenters. The lowest BCUT2D eigenvalue weighted by atomic mass is 9.99. The van der Waals surface area contributed by atoms with Gasteiger partial charge in [-0.3, -0.25) is 0 Å². The Bertz CT molecular complexity index is 2760. The van der Waals surface area contributed by atoms with Gasteiger partial charge < -0.3 is 19.4 Å². The summed E-state index contributed by atoms with van der Waals surface area (Å²) in [6.45, 7) is 0. The van der Waals surface area contributed by atoms with Crippen LogP contribution in [0.4, 0.5) is 0 Å². The van der Waals surface area contributed by atoms with Crippen LogP contribution in [-0.4, -0.2) is 40.1 Å². The van der Waals surface area contributed by atoms with E-state index in [0.29, 0.717) is 22.6 Å². The maximum Gasteiger partial charge on any atom is 0.341 e. The number of para-hydroxylation sites is 1. The first kappa shape index (κ1) is 32.6. The zero-order valence-corrected chi connectivity index (χ0v) is 29.6. The van der Waals surface area contributed by atoms with Crippen molar-refractivity contribution in [2.45, 2.75) is 0 Å². The molecule has 2 N–H and O–H groups in total. The van der Waals surface area contributed by atoms with Gasteiger partial charge in [0.2, 0.25) is 0 Å². The molecular weight excluding hydrogens is 669 g/mol. The standard InChI is InChI=1S/C47H34N4O3/c1-53-46-32(19-12-20-33(46)47(52)54-2)45-40-27-25-38(50-40)43(30-15-8-4-9-16-30)36-23-21-34(48-36)42(29-13-6-3-7-14-29)35-22-24-37(49-35)44(31-17-10-5-11-18-31)39-26-28-41(45)51-39/h3-28,48,51H,1-2H3. The van der Waals surface area contributed by atoms with Crippen molar-refractivity contribution in [3.63, 3.8) is 0 Å². The average molecular weight is 703 g/mol. The number of carbonyl (C=O) groups excluding carboxylic acids is 1. The molecule has 0 saturated heterocycles. The minimum Gasteiger partial charge on any atom is -0.495 e. The first-order chi connectivity index (χ1) is 26.6. The van der Waals surface area contributed by atoms with Crippen LogP contribution in [0.3, 0.4) is 0 Å². The van der Waals surface area contributed by atoms with E-state index in [1.807, 2.05) is 72.8 Å². The molecule has 7 heteroatoms. The van der Waals surface area contributed by atoms with E-state index in [1.165, 1.54) is 7.11 Å². The number of hydrogen-bond acceptors (Lipinski definition) is 5. The van der Waals surface area contributed by atoms with E-state index in [9.17, 15) is 4.79 Å². The smallest absolute Gasteiger partial charge is 0.341 e. The van der Waals surface area contributed by atoms with Crippen molar-refractivity contribution < 1.29 is 14.3 Å². The minimum atomic E-state index is -0.488. The highest BCUT2D eigenvalue weighted by Crippen LogP contribution is 2.41. The summed E-state index contributed by atoms with van der Waals surface area (Å²) in [5, 5.41) is 0. The van der Waals surface area contributed by atoms with Gasteiger partial charge in [-0.2, -0.15) is 0 Å². The first-order valence-corrected chi connectivity index (χ1v) is 17.7. The van der Waals surface area contributed by atoms with Crippen molar-refractivity contribution in [3.05, 3.63) is 162 Å². The van der Waals surface area contributed by atoms with E-state index >= 15 is 0 Å². The molecule has 8 bridgehead atoms. The Morgan fingerprint density at radius 1 is 0.463 bits per heavy atom. The number of fused-ring (bicyclic) bond motifs is 8. The molecule has 2 aliphatic rings. The number of nitrogens with zero attached hydrogens (tertiary/aromatic N) is 2. The molecule has 7 nitrogen and oxygen atoms in total. The van der Waals surface area contributed by atoms with Gasteiger partial charge >= 0.3 is 5.97 Å². The SMILES string of the molecule is COC(=O)c1cccc(-c2c3nc(c(-c4ccccc4)c4ccc([nH]4)c(-c4ccccc4)c4nc(c(-c5ccccc5)c5ccc2[nH]5)C=C4)C=C3)c1OC. The Labute approximate surface area is 312 Å². The second kappa shape index (κ2) is 13.7. The molecule has 5 heterocycles. The topological polar surface area (TPSA) is 92.9 Å². The molecule has 3 aromatic heterocycles. The molecule has 0 aliphatic carbocycles. The van der Waals surface area contributed by atoms with Crippen LogP contribution in [0.5, 0.6) is 5.75 Å². The number of ether oxygens (including phenoxy) is 2.